The van der Waals surface area contributed by atoms with Crippen LogP contribution in [0.1, 0.15) is 31.0 Å². The van der Waals surface area contributed by atoms with Crippen molar-refractivity contribution in [3.63, 3.8) is 0 Å². The van der Waals surface area contributed by atoms with Crippen LogP contribution in [0.2, 0.25) is 0 Å². The summed E-state index contributed by atoms with van der Waals surface area (Å²) in [5.74, 6) is 0.465. The molecular formula is C13H21N3. The van der Waals surface area contributed by atoms with Gasteiger partial charge in [-0.1, -0.05) is 31.2 Å². The second kappa shape index (κ2) is 4.95. The predicted octanol–water partition coefficient (Wildman–Crippen LogP) is 1.36. The summed E-state index contributed by atoms with van der Waals surface area (Å²) < 4.78 is 0. The summed E-state index contributed by atoms with van der Waals surface area (Å²) in [6.07, 6.45) is 1.09. The minimum Gasteiger partial charge on any atom is -0.330 e. The highest BCUT2D eigenvalue weighted by molar-refractivity contribution is 5.26. The van der Waals surface area contributed by atoms with Gasteiger partial charge in [-0.3, -0.25) is 5.43 Å². The standard InChI is InChI=1S/C13H21N3/c1-3-10-4-6-11(7-5-10)13-12(8-14)9(2)15-16-13/h4-7,9,12-13,15-16H,3,8,14H2,1-2H3. The average Bonchev–Trinajstić information content (AvgIpc) is 2.70. The van der Waals surface area contributed by atoms with E-state index in [9.17, 15) is 0 Å². The molecule has 1 fully saturated rings. The lowest BCUT2D eigenvalue weighted by atomic mass is 9.90. The topological polar surface area (TPSA) is 50.1 Å². The number of benzene rings is 1. The number of nitrogens with one attached hydrogen (secondary N) is 2. The molecule has 0 radical (unpaired) electrons. The van der Waals surface area contributed by atoms with E-state index in [0.29, 0.717) is 24.5 Å². The molecule has 1 aromatic carbocycles. The summed E-state index contributed by atoms with van der Waals surface area (Å²) in [6, 6.07) is 9.59. The molecule has 1 saturated heterocycles. The summed E-state index contributed by atoms with van der Waals surface area (Å²) in [7, 11) is 0. The number of hydrazine groups is 1. The van der Waals surface area contributed by atoms with Gasteiger partial charge in [0.25, 0.3) is 0 Å². The van der Waals surface area contributed by atoms with Crippen LogP contribution in [-0.2, 0) is 6.42 Å². The van der Waals surface area contributed by atoms with E-state index in [1.165, 1.54) is 11.1 Å². The van der Waals surface area contributed by atoms with Gasteiger partial charge in [0.2, 0.25) is 0 Å². The molecule has 1 aliphatic heterocycles. The Labute approximate surface area is 97.4 Å². The van der Waals surface area contributed by atoms with E-state index in [1.54, 1.807) is 0 Å². The second-order valence-corrected chi connectivity index (χ2v) is 4.55. The fourth-order valence-electron chi connectivity index (χ4n) is 2.36. The summed E-state index contributed by atoms with van der Waals surface area (Å²) in [5, 5.41) is 0. The molecule has 0 aromatic heterocycles. The third-order valence-corrected chi connectivity index (χ3v) is 3.56. The fourth-order valence-corrected chi connectivity index (χ4v) is 2.36. The molecular weight excluding hydrogens is 198 g/mol. The average molecular weight is 219 g/mol. The zero-order chi connectivity index (χ0) is 11.5. The Morgan fingerprint density at radius 2 is 1.88 bits per heavy atom. The molecule has 3 unspecified atom stereocenters. The van der Waals surface area contributed by atoms with Crippen molar-refractivity contribution in [1.82, 2.24) is 10.9 Å². The summed E-state index contributed by atoms with van der Waals surface area (Å²) >= 11 is 0. The molecule has 0 amide bonds. The molecule has 0 spiro atoms. The van der Waals surface area contributed by atoms with Crippen molar-refractivity contribution >= 4 is 0 Å². The monoisotopic (exact) mass is 219 g/mol. The van der Waals surface area contributed by atoms with Gasteiger partial charge in [0.05, 0.1) is 6.04 Å². The van der Waals surface area contributed by atoms with Crippen molar-refractivity contribution in [1.29, 1.82) is 0 Å². The third-order valence-electron chi connectivity index (χ3n) is 3.56. The Morgan fingerprint density at radius 3 is 2.44 bits per heavy atom. The zero-order valence-corrected chi connectivity index (χ0v) is 10.0. The Morgan fingerprint density at radius 1 is 1.19 bits per heavy atom. The lowest BCUT2D eigenvalue weighted by Gasteiger charge is -2.19. The molecule has 0 bridgehead atoms. The Hall–Kier alpha value is -0.900. The zero-order valence-electron chi connectivity index (χ0n) is 10.0. The van der Waals surface area contributed by atoms with Crippen molar-refractivity contribution in [2.24, 2.45) is 11.7 Å². The van der Waals surface area contributed by atoms with Crippen LogP contribution >= 0.6 is 0 Å². The number of hydrogen-bond acceptors (Lipinski definition) is 3. The summed E-state index contributed by atoms with van der Waals surface area (Å²) in [6.45, 7) is 5.06. The van der Waals surface area contributed by atoms with E-state index in [-0.39, 0.29) is 0 Å². The predicted molar refractivity (Wildman–Crippen MR) is 66.8 cm³/mol. The Balaban J connectivity index is 2.17. The van der Waals surface area contributed by atoms with E-state index in [0.717, 1.165) is 6.42 Å². The van der Waals surface area contributed by atoms with Crippen molar-refractivity contribution in [3.8, 4) is 0 Å². The lowest BCUT2D eigenvalue weighted by molar-refractivity contribution is 0.444. The van der Waals surface area contributed by atoms with Crippen LogP contribution in [0.3, 0.4) is 0 Å². The molecule has 1 heterocycles. The van der Waals surface area contributed by atoms with Crippen molar-refractivity contribution in [3.05, 3.63) is 35.4 Å². The molecule has 4 N–H and O–H groups in total. The SMILES string of the molecule is CCc1ccc(C2NNC(C)C2CN)cc1. The molecule has 16 heavy (non-hydrogen) atoms. The largest absolute Gasteiger partial charge is 0.330 e. The van der Waals surface area contributed by atoms with Gasteiger partial charge in [0, 0.05) is 12.0 Å². The number of nitrogens with two attached hydrogens (primary N) is 1. The quantitative estimate of drug-likeness (QED) is 0.719. The van der Waals surface area contributed by atoms with Gasteiger partial charge >= 0.3 is 0 Å². The molecule has 2 rings (SSSR count). The number of hydrogen-bond donors (Lipinski definition) is 3. The van der Waals surface area contributed by atoms with E-state index in [4.69, 9.17) is 5.73 Å². The van der Waals surface area contributed by atoms with Crippen molar-refractivity contribution in [2.45, 2.75) is 32.4 Å². The van der Waals surface area contributed by atoms with Gasteiger partial charge in [-0.15, -0.1) is 0 Å². The second-order valence-electron chi connectivity index (χ2n) is 4.55. The highest BCUT2D eigenvalue weighted by atomic mass is 15.4. The van der Waals surface area contributed by atoms with Gasteiger partial charge < -0.3 is 5.73 Å². The molecule has 0 aliphatic carbocycles. The fraction of sp³-hybridized carbons (Fsp3) is 0.538. The van der Waals surface area contributed by atoms with Gasteiger partial charge in [-0.25, -0.2) is 5.43 Å². The van der Waals surface area contributed by atoms with Crippen LogP contribution in [0.5, 0.6) is 0 Å². The Kier molecular flexibility index (Phi) is 3.59. The first kappa shape index (κ1) is 11.6. The molecule has 0 saturated carbocycles. The smallest absolute Gasteiger partial charge is 0.0517 e. The molecule has 1 aromatic rings. The van der Waals surface area contributed by atoms with Crippen LogP contribution in [0.4, 0.5) is 0 Å². The maximum Gasteiger partial charge on any atom is 0.0517 e. The van der Waals surface area contributed by atoms with Crippen LogP contribution in [0.25, 0.3) is 0 Å². The first-order chi connectivity index (χ1) is 7.76. The Bertz CT molecular complexity index is 334. The van der Waals surface area contributed by atoms with Crippen LogP contribution in [0, 0.1) is 5.92 Å². The molecule has 3 heteroatoms. The molecule has 1 aliphatic rings. The van der Waals surface area contributed by atoms with E-state index >= 15 is 0 Å². The van der Waals surface area contributed by atoms with E-state index in [2.05, 4.69) is 49.0 Å². The van der Waals surface area contributed by atoms with E-state index in [1.807, 2.05) is 0 Å². The highest BCUT2D eigenvalue weighted by Crippen LogP contribution is 2.27. The van der Waals surface area contributed by atoms with E-state index < -0.39 is 0 Å². The maximum atomic E-state index is 5.83. The van der Waals surface area contributed by atoms with Crippen molar-refractivity contribution < 1.29 is 0 Å². The first-order valence-corrected chi connectivity index (χ1v) is 6.06. The van der Waals surface area contributed by atoms with Gasteiger partial charge in [-0.05, 0) is 31.0 Å². The van der Waals surface area contributed by atoms with Gasteiger partial charge in [0.15, 0.2) is 0 Å². The lowest BCUT2D eigenvalue weighted by Crippen LogP contribution is -2.30. The van der Waals surface area contributed by atoms with Crippen LogP contribution in [0.15, 0.2) is 24.3 Å². The summed E-state index contributed by atoms with van der Waals surface area (Å²) in [4.78, 5) is 0. The third kappa shape index (κ3) is 2.12. The highest BCUT2D eigenvalue weighted by Gasteiger charge is 2.32. The van der Waals surface area contributed by atoms with Crippen LogP contribution < -0.4 is 16.6 Å². The van der Waals surface area contributed by atoms with Gasteiger partial charge in [0.1, 0.15) is 0 Å². The van der Waals surface area contributed by atoms with Crippen molar-refractivity contribution in [2.75, 3.05) is 6.54 Å². The maximum absolute atomic E-state index is 5.83. The van der Waals surface area contributed by atoms with Gasteiger partial charge in [-0.2, -0.15) is 0 Å². The number of aryl methyl sites for hydroxylation is 1. The summed E-state index contributed by atoms with van der Waals surface area (Å²) in [5.41, 5.74) is 15.1. The molecule has 3 atom stereocenters. The first-order valence-electron chi connectivity index (χ1n) is 6.06. The minimum absolute atomic E-state index is 0.339. The number of rotatable bonds is 3. The normalized spacial score (nSPS) is 29.6. The minimum atomic E-state index is 0.339. The van der Waals surface area contributed by atoms with Crippen LogP contribution in [-0.4, -0.2) is 12.6 Å². The molecule has 88 valence electrons. The molecule has 3 nitrogen and oxygen atoms in total.